The Balaban J connectivity index is 1.25. The molecule has 0 spiro atoms. The van der Waals surface area contributed by atoms with E-state index >= 15 is 0 Å². The van der Waals surface area contributed by atoms with Crippen molar-refractivity contribution in [1.82, 2.24) is 14.8 Å². The van der Waals surface area contributed by atoms with Crippen molar-refractivity contribution in [1.29, 1.82) is 0 Å². The molecule has 0 amide bonds. The van der Waals surface area contributed by atoms with Crippen LogP contribution in [0.25, 0.3) is 0 Å². The Labute approximate surface area is 126 Å². The van der Waals surface area contributed by atoms with Crippen molar-refractivity contribution in [2.45, 2.75) is 31.0 Å². The fourth-order valence-electron chi connectivity index (χ4n) is 3.74. The lowest BCUT2D eigenvalue weighted by Crippen LogP contribution is -2.68. The van der Waals surface area contributed by atoms with Gasteiger partial charge in [0.25, 0.3) is 0 Å². The maximum atomic E-state index is 9.73. The van der Waals surface area contributed by atoms with Crippen LogP contribution in [0.1, 0.15) is 12.8 Å². The van der Waals surface area contributed by atoms with Crippen LogP contribution in [0.3, 0.4) is 0 Å². The van der Waals surface area contributed by atoms with Gasteiger partial charge in [-0.15, -0.1) is 0 Å². The highest BCUT2D eigenvalue weighted by molar-refractivity contribution is 5.38. The van der Waals surface area contributed by atoms with Gasteiger partial charge < -0.3 is 10.0 Å². The summed E-state index contributed by atoms with van der Waals surface area (Å²) in [6.45, 7) is 6.68. The maximum absolute atomic E-state index is 9.73. The fraction of sp³-hybridized carbons (Fsp3) is 0.688. The van der Waals surface area contributed by atoms with Crippen LogP contribution >= 0.6 is 0 Å². The maximum Gasteiger partial charge on any atom is 0.128 e. The highest BCUT2D eigenvalue weighted by Crippen LogP contribution is 2.31. The van der Waals surface area contributed by atoms with Crippen molar-refractivity contribution in [3.8, 4) is 0 Å². The molecule has 1 aromatic rings. The summed E-state index contributed by atoms with van der Waals surface area (Å²) in [5.41, 5.74) is 0. The van der Waals surface area contributed by atoms with Gasteiger partial charge in [0.2, 0.25) is 0 Å². The van der Waals surface area contributed by atoms with Gasteiger partial charge >= 0.3 is 0 Å². The molecule has 2 unspecified atom stereocenters. The lowest BCUT2D eigenvalue weighted by Gasteiger charge is -2.54. The van der Waals surface area contributed by atoms with E-state index in [1.807, 2.05) is 12.3 Å². The molecule has 5 nitrogen and oxygen atoms in total. The Bertz CT molecular complexity index is 468. The van der Waals surface area contributed by atoms with E-state index in [-0.39, 0.29) is 6.10 Å². The Morgan fingerprint density at radius 1 is 1.00 bits per heavy atom. The number of piperazine rings is 1. The predicted molar refractivity (Wildman–Crippen MR) is 82.4 cm³/mol. The number of pyridine rings is 1. The molecule has 1 aliphatic carbocycles. The number of hydrogen-bond donors (Lipinski definition) is 1. The van der Waals surface area contributed by atoms with Crippen molar-refractivity contribution in [3.05, 3.63) is 24.4 Å². The summed E-state index contributed by atoms with van der Waals surface area (Å²) in [5.74, 6) is 1.10. The third-order valence-corrected chi connectivity index (χ3v) is 5.37. The third-order valence-electron chi connectivity index (χ3n) is 5.37. The Kier molecular flexibility index (Phi) is 3.57. The van der Waals surface area contributed by atoms with E-state index < -0.39 is 0 Å². The van der Waals surface area contributed by atoms with Crippen LogP contribution in [0, 0.1) is 0 Å². The average Bonchev–Trinajstić information content (AvgIpc) is 2.50. The molecule has 3 fully saturated rings. The van der Waals surface area contributed by atoms with Crippen LogP contribution in [-0.4, -0.2) is 77.3 Å². The van der Waals surface area contributed by atoms with Crippen molar-refractivity contribution in [2.75, 3.05) is 44.2 Å². The number of nitrogens with zero attached hydrogens (tertiary/aromatic N) is 4. The molecule has 0 aromatic carbocycles. The summed E-state index contributed by atoms with van der Waals surface area (Å²) in [4.78, 5) is 11.9. The zero-order chi connectivity index (χ0) is 14.2. The lowest BCUT2D eigenvalue weighted by molar-refractivity contribution is -0.0817. The third kappa shape index (κ3) is 2.54. The van der Waals surface area contributed by atoms with Gasteiger partial charge in [-0.1, -0.05) is 6.07 Å². The fourth-order valence-corrected chi connectivity index (χ4v) is 3.74. The number of aromatic nitrogens is 1. The lowest BCUT2D eigenvalue weighted by atomic mass is 9.85. The molecule has 1 aromatic heterocycles. The second kappa shape index (κ2) is 5.55. The number of anilines is 1. The molecule has 2 saturated heterocycles. The Hall–Kier alpha value is -1.17. The second-order valence-corrected chi connectivity index (χ2v) is 6.53. The zero-order valence-electron chi connectivity index (χ0n) is 12.4. The average molecular weight is 288 g/mol. The number of aliphatic hydroxyl groups excluding tert-OH is 1. The first-order valence-corrected chi connectivity index (χ1v) is 8.13. The van der Waals surface area contributed by atoms with Gasteiger partial charge in [-0.05, 0) is 25.0 Å². The summed E-state index contributed by atoms with van der Waals surface area (Å²) >= 11 is 0. The number of aliphatic hydroxyl groups is 1. The van der Waals surface area contributed by atoms with E-state index in [0.717, 1.165) is 51.5 Å². The molecule has 2 aliphatic heterocycles. The van der Waals surface area contributed by atoms with E-state index in [0.29, 0.717) is 12.1 Å². The van der Waals surface area contributed by atoms with Gasteiger partial charge in [-0.2, -0.15) is 0 Å². The largest absolute Gasteiger partial charge is 0.391 e. The normalized spacial score (nSPS) is 31.8. The first kappa shape index (κ1) is 13.5. The minimum absolute atomic E-state index is 0.0630. The van der Waals surface area contributed by atoms with Crippen LogP contribution in [0.5, 0.6) is 0 Å². The summed E-state index contributed by atoms with van der Waals surface area (Å²) in [6.07, 6.45) is 3.98. The first-order chi connectivity index (χ1) is 10.3. The van der Waals surface area contributed by atoms with E-state index in [9.17, 15) is 5.11 Å². The molecule has 0 bridgehead atoms. The van der Waals surface area contributed by atoms with Gasteiger partial charge in [0.05, 0.1) is 6.10 Å². The monoisotopic (exact) mass is 288 g/mol. The second-order valence-electron chi connectivity index (χ2n) is 6.53. The van der Waals surface area contributed by atoms with Gasteiger partial charge in [-0.25, -0.2) is 4.98 Å². The molecular formula is C16H24N4O. The van der Waals surface area contributed by atoms with Gasteiger partial charge in [0.15, 0.2) is 0 Å². The molecule has 0 radical (unpaired) electrons. The Morgan fingerprint density at radius 3 is 2.38 bits per heavy atom. The van der Waals surface area contributed by atoms with Gasteiger partial charge in [0.1, 0.15) is 5.82 Å². The summed E-state index contributed by atoms with van der Waals surface area (Å²) in [5, 5.41) is 9.73. The molecule has 3 heterocycles. The van der Waals surface area contributed by atoms with Crippen LogP contribution in [0.2, 0.25) is 0 Å². The van der Waals surface area contributed by atoms with Crippen molar-refractivity contribution in [3.63, 3.8) is 0 Å². The highest BCUT2D eigenvalue weighted by atomic mass is 16.3. The van der Waals surface area contributed by atoms with Crippen LogP contribution < -0.4 is 4.90 Å². The van der Waals surface area contributed by atoms with Crippen molar-refractivity contribution in [2.24, 2.45) is 0 Å². The summed E-state index contributed by atoms with van der Waals surface area (Å²) in [6, 6.07) is 7.28. The van der Waals surface area contributed by atoms with E-state index in [2.05, 4.69) is 31.8 Å². The first-order valence-electron chi connectivity index (χ1n) is 8.13. The number of hydrogen-bond acceptors (Lipinski definition) is 5. The molecular weight excluding hydrogens is 264 g/mol. The highest BCUT2D eigenvalue weighted by Gasteiger charge is 2.42. The molecule has 114 valence electrons. The standard InChI is InChI=1S/C16H24N4O/c21-15-5-4-14(15)20-11-13(12-20)18-7-9-19(10-8-18)16-3-1-2-6-17-16/h1-3,6,13-15,21H,4-5,7-12H2. The number of rotatable bonds is 3. The predicted octanol–water partition coefficient (Wildman–Crippen LogP) is 0.411. The smallest absolute Gasteiger partial charge is 0.128 e. The molecule has 3 aliphatic rings. The minimum Gasteiger partial charge on any atom is -0.391 e. The van der Waals surface area contributed by atoms with Gasteiger partial charge in [-0.3, -0.25) is 9.80 Å². The SMILES string of the molecule is OC1CCC1N1CC(N2CCN(c3ccccn3)CC2)C1. The molecule has 4 rings (SSSR count). The molecule has 21 heavy (non-hydrogen) atoms. The molecule has 1 saturated carbocycles. The zero-order valence-corrected chi connectivity index (χ0v) is 12.4. The quantitative estimate of drug-likeness (QED) is 0.873. The van der Waals surface area contributed by atoms with Crippen LogP contribution in [0.4, 0.5) is 5.82 Å². The van der Waals surface area contributed by atoms with E-state index in [1.54, 1.807) is 0 Å². The molecule has 1 N–H and O–H groups in total. The van der Waals surface area contributed by atoms with Crippen LogP contribution in [-0.2, 0) is 0 Å². The van der Waals surface area contributed by atoms with E-state index in [1.165, 1.54) is 6.42 Å². The van der Waals surface area contributed by atoms with Crippen molar-refractivity contribution >= 4 is 5.82 Å². The molecule has 2 atom stereocenters. The Morgan fingerprint density at radius 2 is 1.81 bits per heavy atom. The molecule has 5 heteroatoms. The number of likely N-dealkylation sites (tertiary alicyclic amines) is 1. The summed E-state index contributed by atoms with van der Waals surface area (Å²) in [7, 11) is 0. The van der Waals surface area contributed by atoms with Gasteiger partial charge in [0, 0.05) is 57.5 Å². The summed E-state index contributed by atoms with van der Waals surface area (Å²) < 4.78 is 0. The minimum atomic E-state index is -0.0630. The van der Waals surface area contributed by atoms with E-state index in [4.69, 9.17) is 0 Å². The van der Waals surface area contributed by atoms with Crippen molar-refractivity contribution < 1.29 is 5.11 Å². The topological polar surface area (TPSA) is 42.8 Å². The van der Waals surface area contributed by atoms with Crippen LogP contribution in [0.15, 0.2) is 24.4 Å².